The molecule has 11 heteroatoms. The Labute approximate surface area is 197 Å². The molecule has 0 saturated heterocycles. The maximum absolute atomic E-state index is 13.1. The maximum Gasteiger partial charge on any atom is 0.458 e. The third-order valence-electron chi connectivity index (χ3n) is 5.73. The number of halogens is 4. The van der Waals surface area contributed by atoms with Crippen LogP contribution in [0.5, 0.6) is 0 Å². The molecule has 1 atom stereocenters. The monoisotopic (exact) mass is 508 g/mol. The first-order chi connectivity index (χ1) is 16.0. The van der Waals surface area contributed by atoms with E-state index in [1.54, 1.807) is 54.6 Å². The minimum Gasteiger partial charge on any atom is -0.350 e. The number of hydrogen-bond donors (Lipinski definition) is 1. The molecule has 6 nitrogen and oxygen atoms in total. The van der Waals surface area contributed by atoms with Gasteiger partial charge < -0.3 is 14.8 Å². The van der Waals surface area contributed by atoms with Gasteiger partial charge >= 0.3 is 12.0 Å². The van der Waals surface area contributed by atoms with Gasteiger partial charge in [0, 0.05) is 11.6 Å². The van der Waals surface area contributed by atoms with Crippen molar-refractivity contribution in [3.63, 3.8) is 0 Å². The zero-order valence-corrected chi connectivity index (χ0v) is 18.8. The molecule has 3 aromatic carbocycles. The van der Waals surface area contributed by atoms with Crippen LogP contribution in [0.2, 0.25) is 5.02 Å². The third kappa shape index (κ3) is 3.62. The van der Waals surface area contributed by atoms with Crippen molar-refractivity contribution in [2.24, 2.45) is 5.16 Å². The lowest BCUT2D eigenvalue weighted by Gasteiger charge is -2.33. The van der Waals surface area contributed by atoms with Crippen molar-refractivity contribution in [2.75, 3.05) is 4.90 Å². The molecule has 0 bridgehead atoms. The summed E-state index contributed by atoms with van der Waals surface area (Å²) in [4.78, 5) is 6.40. The zero-order valence-electron chi connectivity index (χ0n) is 17.3. The predicted molar refractivity (Wildman–Crippen MR) is 119 cm³/mol. The Morgan fingerprint density at radius 1 is 1.03 bits per heavy atom. The minimum absolute atomic E-state index is 0.0297. The van der Waals surface area contributed by atoms with Gasteiger partial charge in [-0.2, -0.15) is 13.2 Å². The molecule has 0 saturated carbocycles. The van der Waals surface area contributed by atoms with Gasteiger partial charge in [-0.15, -0.1) is 0 Å². The predicted octanol–water partition coefficient (Wildman–Crippen LogP) is 5.20. The Bertz CT molecular complexity index is 1420. The van der Waals surface area contributed by atoms with E-state index in [0.29, 0.717) is 22.0 Å². The molecule has 0 aliphatic carbocycles. The van der Waals surface area contributed by atoms with Gasteiger partial charge in [0.2, 0.25) is 9.84 Å². The summed E-state index contributed by atoms with van der Waals surface area (Å²) in [5, 5.41) is 13.4. The average molecular weight is 509 g/mol. The lowest BCUT2D eigenvalue weighted by Crippen LogP contribution is -2.45. The molecule has 1 unspecified atom stereocenters. The van der Waals surface area contributed by atoms with Crippen LogP contribution in [0.3, 0.4) is 0 Å². The fourth-order valence-corrected chi connectivity index (χ4v) is 5.77. The number of nitrogens with zero attached hydrogens (tertiary/aromatic N) is 2. The summed E-state index contributed by atoms with van der Waals surface area (Å²) in [6.07, 6.45) is -5.80. The second-order valence-electron chi connectivity index (χ2n) is 7.95. The van der Waals surface area contributed by atoms with E-state index >= 15 is 0 Å². The molecule has 0 amide bonds. The standard InChI is InChI=1S/C23H16ClF3N2O4S/c24-16-9-10-21-19(11-16)29(18-3-1-2-4-20(18)34(21,31)32)13-14-5-7-15(8-6-14)17-12-22(30,33-28-17)23(25,26)27/h1-11,30H,12-13H2. The molecule has 34 heavy (non-hydrogen) atoms. The second kappa shape index (κ2) is 7.72. The number of fused-ring (bicyclic) bond motifs is 2. The van der Waals surface area contributed by atoms with Crippen LogP contribution < -0.4 is 4.90 Å². The normalized spacial score (nSPS) is 20.9. The molecule has 1 N–H and O–H groups in total. The fourth-order valence-electron chi connectivity index (χ4n) is 3.97. The quantitative estimate of drug-likeness (QED) is 0.526. The van der Waals surface area contributed by atoms with Crippen molar-refractivity contribution in [1.82, 2.24) is 0 Å². The van der Waals surface area contributed by atoms with E-state index in [4.69, 9.17) is 11.6 Å². The SMILES string of the molecule is O=S1(=O)c2ccccc2N(Cc2ccc(C3=NOC(O)(C(F)(F)F)C3)cc2)c2cc(Cl)ccc21. The van der Waals surface area contributed by atoms with Gasteiger partial charge in [-0.1, -0.05) is 53.2 Å². The fraction of sp³-hybridized carbons (Fsp3) is 0.174. The third-order valence-corrected chi connectivity index (χ3v) is 7.82. The lowest BCUT2D eigenvalue weighted by atomic mass is 10.0. The van der Waals surface area contributed by atoms with Gasteiger partial charge in [0.25, 0.3) is 0 Å². The van der Waals surface area contributed by atoms with Gasteiger partial charge in [-0.05, 0) is 41.5 Å². The Balaban J connectivity index is 1.47. The molecule has 2 aliphatic rings. The second-order valence-corrected chi connectivity index (χ2v) is 10.3. The molecule has 5 rings (SSSR count). The van der Waals surface area contributed by atoms with Crippen LogP contribution in [0.1, 0.15) is 17.5 Å². The van der Waals surface area contributed by atoms with Crippen molar-refractivity contribution in [3.05, 3.63) is 82.9 Å². The van der Waals surface area contributed by atoms with E-state index in [0.717, 1.165) is 5.56 Å². The van der Waals surface area contributed by atoms with Gasteiger partial charge in [0.05, 0.1) is 33.3 Å². The summed E-state index contributed by atoms with van der Waals surface area (Å²) in [6.45, 7) is 0.273. The van der Waals surface area contributed by atoms with Crippen LogP contribution in [0.4, 0.5) is 24.5 Å². The lowest BCUT2D eigenvalue weighted by molar-refractivity contribution is -0.355. The molecule has 0 aromatic heterocycles. The van der Waals surface area contributed by atoms with Crippen LogP contribution in [0.15, 0.2) is 81.7 Å². The van der Waals surface area contributed by atoms with Gasteiger partial charge in [-0.3, -0.25) is 0 Å². The average Bonchev–Trinajstić information content (AvgIpc) is 3.21. The largest absolute Gasteiger partial charge is 0.458 e. The van der Waals surface area contributed by atoms with E-state index in [1.807, 2.05) is 4.90 Å². The Kier molecular flexibility index (Phi) is 5.16. The summed E-state index contributed by atoms with van der Waals surface area (Å²) in [6, 6.07) is 17.7. The summed E-state index contributed by atoms with van der Waals surface area (Å²) in [5.74, 6) is -3.34. The number of aliphatic hydroxyl groups is 1. The summed E-state index contributed by atoms with van der Waals surface area (Å²) in [5.41, 5.74) is 2.02. The molecule has 3 aromatic rings. The molecule has 0 radical (unpaired) electrons. The van der Waals surface area contributed by atoms with Gasteiger partial charge in [-0.25, -0.2) is 8.42 Å². The highest BCUT2D eigenvalue weighted by molar-refractivity contribution is 7.92. The molecular formula is C23H16ClF3N2O4S. The topological polar surface area (TPSA) is 79.2 Å². The number of rotatable bonds is 3. The number of sulfone groups is 1. The molecule has 176 valence electrons. The highest BCUT2D eigenvalue weighted by Gasteiger charge is 2.60. The van der Waals surface area contributed by atoms with E-state index in [1.165, 1.54) is 12.1 Å². The number of hydrogen-bond acceptors (Lipinski definition) is 6. The molecule has 0 fully saturated rings. The molecule has 2 aliphatic heterocycles. The Morgan fingerprint density at radius 2 is 1.71 bits per heavy atom. The molecular weight excluding hydrogens is 493 g/mol. The highest BCUT2D eigenvalue weighted by Crippen LogP contribution is 2.45. The number of oxime groups is 1. The van der Waals surface area contributed by atoms with Gasteiger partial charge in [0.15, 0.2) is 0 Å². The first-order valence-corrected chi connectivity index (χ1v) is 11.9. The highest BCUT2D eigenvalue weighted by atomic mass is 35.5. The van der Waals surface area contributed by atoms with Crippen LogP contribution in [0.25, 0.3) is 0 Å². The number of benzene rings is 3. The number of anilines is 2. The van der Waals surface area contributed by atoms with Crippen molar-refractivity contribution in [1.29, 1.82) is 0 Å². The van der Waals surface area contributed by atoms with Crippen LogP contribution in [0, 0.1) is 0 Å². The summed E-state index contributed by atoms with van der Waals surface area (Å²) in [7, 11) is -3.73. The van der Waals surface area contributed by atoms with E-state index in [-0.39, 0.29) is 22.0 Å². The van der Waals surface area contributed by atoms with Crippen LogP contribution in [-0.2, 0) is 21.2 Å². The van der Waals surface area contributed by atoms with Crippen LogP contribution in [-0.4, -0.2) is 31.2 Å². The van der Waals surface area contributed by atoms with Crippen molar-refractivity contribution >= 4 is 38.5 Å². The van der Waals surface area contributed by atoms with E-state index < -0.39 is 28.2 Å². The Morgan fingerprint density at radius 3 is 2.38 bits per heavy atom. The zero-order chi connectivity index (χ0) is 24.3. The summed E-state index contributed by atoms with van der Waals surface area (Å²) < 4.78 is 65.2. The van der Waals surface area contributed by atoms with E-state index in [2.05, 4.69) is 9.99 Å². The molecule has 2 heterocycles. The maximum atomic E-state index is 13.1. The van der Waals surface area contributed by atoms with Crippen molar-refractivity contribution in [2.45, 2.75) is 34.7 Å². The Hall–Kier alpha value is -3.08. The number of para-hydroxylation sites is 1. The number of alkyl halides is 3. The molecule has 0 spiro atoms. The first kappa shape index (κ1) is 22.7. The van der Waals surface area contributed by atoms with Crippen LogP contribution >= 0.6 is 11.6 Å². The van der Waals surface area contributed by atoms with E-state index in [9.17, 15) is 26.7 Å². The summed E-state index contributed by atoms with van der Waals surface area (Å²) >= 11 is 6.17. The van der Waals surface area contributed by atoms with Crippen molar-refractivity contribution < 1.29 is 31.5 Å². The van der Waals surface area contributed by atoms with Crippen molar-refractivity contribution in [3.8, 4) is 0 Å². The smallest absolute Gasteiger partial charge is 0.350 e. The minimum atomic E-state index is -4.98. The first-order valence-electron chi connectivity index (χ1n) is 10.0. The van der Waals surface area contributed by atoms with Gasteiger partial charge in [0.1, 0.15) is 0 Å².